The fourth-order valence-electron chi connectivity index (χ4n) is 2.56. The minimum Gasteiger partial charge on any atom is -0.497 e. The number of amides is 1. The van der Waals surface area contributed by atoms with E-state index in [0.717, 1.165) is 6.07 Å². The fourth-order valence-corrected chi connectivity index (χ4v) is 3.76. The van der Waals surface area contributed by atoms with Crippen molar-refractivity contribution in [1.29, 1.82) is 0 Å². The molecule has 0 saturated heterocycles. The lowest BCUT2D eigenvalue weighted by Gasteiger charge is -2.18. The highest BCUT2D eigenvalue weighted by Gasteiger charge is 2.27. The quantitative estimate of drug-likeness (QED) is 0.293. The van der Waals surface area contributed by atoms with Gasteiger partial charge in [0.2, 0.25) is 10.0 Å². The van der Waals surface area contributed by atoms with Crippen LogP contribution in [0.2, 0.25) is 0 Å². The Kier molecular flexibility index (Phi) is 8.32. The summed E-state index contributed by atoms with van der Waals surface area (Å²) in [7, 11) is -1.28. The second-order valence-corrected chi connectivity index (χ2v) is 8.44. The van der Waals surface area contributed by atoms with Crippen LogP contribution in [0.4, 0.5) is 11.4 Å². The van der Waals surface area contributed by atoms with Crippen LogP contribution in [-0.2, 0) is 24.3 Å². The smallest absolute Gasteiger partial charge is 0.324 e. The summed E-state index contributed by atoms with van der Waals surface area (Å²) >= 11 is 0. The summed E-state index contributed by atoms with van der Waals surface area (Å²) in [4.78, 5) is 35.1. The van der Waals surface area contributed by atoms with E-state index in [1.165, 1.54) is 64.5 Å². The van der Waals surface area contributed by atoms with E-state index < -0.39 is 44.7 Å². The van der Waals surface area contributed by atoms with Crippen molar-refractivity contribution in [3.63, 3.8) is 0 Å². The molecule has 0 aliphatic rings. The van der Waals surface area contributed by atoms with Gasteiger partial charge in [0, 0.05) is 0 Å². The molecule has 1 amide bonds. The van der Waals surface area contributed by atoms with E-state index in [9.17, 15) is 28.1 Å². The Hall–Kier alpha value is -3.71. The number of carbonyl (C=O) groups is 2. The summed E-state index contributed by atoms with van der Waals surface area (Å²) in [6.07, 6.45) is -1.37. The lowest BCUT2D eigenvalue weighted by Crippen LogP contribution is -2.42. The molecule has 2 aromatic rings. The van der Waals surface area contributed by atoms with Crippen molar-refractivity contribution in [3.05, 3.63) is 52.6 Å². The molecule has 2 rings (SSSR count). The number of anilines is 1. The number of esters is 1. The Morgan fingerprint density at radius 2 is 1.58 bits per heavy atom. The van der Waals surface area contributed by atoms with Gasteiger partial charge in [0.15, 0.2) is 6.10 Å². The Morgan fingerprint density at radius 1 is 1.00 bits per heavy atom. The van der Waals surface area contributed by atoms with Crippen LogP contribution in [0.15, 0.2) is 47.4 Å². The van der Waals surface area contributed by atoms with Crippen LogP contribution < -0.4 is 19.5 Å². The second kappa shape index (κ2) is 10.7. The number of benzene rings is 2. The minimum absolute atomic E-state index is 0.0967. The number of carbonyl (C=O) groups excluding carboxylic acids is 2. The van der Waals surface area contributed by atoms with E-state index in [4.69, 9.17) is 14.2 Å². The predicted octanol–water partition coefficient (Wildman–Crippen LogP) is 1.85. The maximum absolute atomic E-state index is 12.4. The van der Waals surface area contributed by atoms with Gasteiger partial charge >= 0.3 is 5.97 Å². The molecule has 0 fully saturated rings. The standard InChI is InChI=1S/C20H23N3O9S/c1-12(22-33(28,29)16-8-5-14(30-3)6-9-16)20(25)32-13(2)19(24)21-17-10-7-15(31-4)11-18(17)23(26)27/h5-13,22H,1-4H3,(H,21,24)/t12-,13?/m0/s1. The third-order valence-corrected chi connectivity index (χ3v) is 5.93. The summed E-state index contributed by atoms with van der Waals surface area (Å²) in [6, 6.07) is 7.99. The average Bonchev–Trinajstić information content (AvgIpc) is 2.78. The number of nitrogens with one attached hydrogen (secondary N) is 2. The van der Waals surface area contributed by atoms with E-state index in [2.05, 4.69) is 10.0 Å². The van der Waals surface area contributed by atoms with Crippen molar-refractivity contribution in [3.8, 4) is 11.5 Å². The molecule has 12 nitrogen and oxygen atoms in total. The Morgan fingerprint density at radius 3 is 2.12 bits per heavy atom. The van der Waals surface area contributed by atoms with Gasteiger partial charge in [-0.3, -0.25) is 19.7 Å². The van der Waals surface area contributed by atoms with Crippen molar-refractivity contribution in [2.75, 3.05) is 19.5 Å². The van der Waals surface area contributed by atoms with Gasteiger partial charge in [-0.05, 0) is 50.2 Å². The van der Waals surface area contributed by atoms with Crippen LogP contribution in [0.25, 0.3) is 0 Å². The number of hydrogen-bond acceptors (Lipinski definition) is 9. The molecule has 0 aliphatic carbocycles. The van der Waals surface area contributed by atoms with Gasteiger partial charge in [-0.2, -0.15) is 4.72 Å². The number of methoxy groups -OCH3 is 2. The first-order chi connectivity index (χ1) is 15.5. The molecule has 0 radical (unpaired) electrons. The summed E-state index contributed by atoms with van der Waals surface area (Å²) in [6.45, 7) is 2.50. The molecular weight excluding hydrogens is 458 g/mol. The second-order valence-electron chi connectivity index (χ2n) is 6.73. The van der Waals surface area contributed by atoms with E-state index >= 15 is 0 Å². The van der Waals surface area contributed by atoms with Gasteiger partial charge in [-0.25, -0.2) is 8.42 Å². The molecule has 0 heterocycles. The van der Waals surface area contributed by atoms with Gasteiger partial charge in [0.25, 0.3) is 11.6 Å². The van der Waals surface area contributed by atoms with Crippen molar-refractivity contribution >= 4 is 33.3 Å². The third kappa shape index (κ3) is 6.63. The molecule has 0 bridgehead atoms. The molecule has 0 spiro atoms. The highest BCUT2D eigenvalue weighted by Crippen LogP contribution is 2.29. The SMILES string of the molecule is COc1ccc(S(=O)(=O)N[C@@H](C)C(=O)OC(C)C(=O)Nc2ccc(OC)cc2[N+](=O)[O-])cc1. The van der Waals surface area contributed by atoms with Crippen LogP contribution in [0.3, 0.4) is 0 Å². The van der Waals surface area contributed by atoms with Crippen LogP contribution in [0.1, 0.15) is 13.8 Å². The predicted molar refractivity (Wildman–Crippen MR) is 117 cm³/mol. The van der Waals surface area contributed by atoms with Crippen molar-refractivity contribution in [1.82, 2.24) is 4.72 Å². The Labute approximate surface area is 190 Å². The van der Waals surface area contributed by atoms with Crippen LogP contribution in [0.5, 0.6) is 11.5 Å². The van der Waals surface area contributed by atoms with Gasteiger partial charge in [0.1, 0.15) is 23.2 Å². The summed E-state index contributed by atoms with van der Waals surface area (Å²) in [5.74, 6) is -1.18. The van der Waals surface area contributed by atoms with Crippen molar-refractivity contribution in [2.45, 2.75) is 30.9 Å². The zero-order valence-corrected chi connectivity index (χ0v) is 19.0. The molecule has 2 N–H and O–H groups in total. The molecule has 0 saturated carbocycles. The number of sulfonamides is 1. The first-order valence-electron chi connectivity index (χ1n) is 9.48. The van der Waals surface area contributed by atoms with Crippen LogP contribution >= 0.6 is 0 Å². The molecule has 0 aliphatic heterocycles. The normalized spacial score (nSPS) is 12.8. The van der Waals surface area contributed by atoms with Gasteiger partial charge in [-0.15, -0.1) is 0 Å². The summed E-state index contributed by atoms with van der Waals surface area (Å²) in [5.41, 5.74) is -0.538. The number of ether oxygens (including phenoxy) is 3. The Bertz CT molecular complexity index is 1130. The third-order valence-electron chi connectivity index (χ3n) is 4.38. The summed E-state index contributed by atoms with van der Waals surface area (Å²) < 4.78 is 42.0. The molecule has 0 aromatic heterocycles. The van der Waals surface area contributed by atoms with Gasteiger partial charge in [-0.1, -0.05) is 0 Å². The largest absolute Gasteiger partial charge is 0.497 e. The molecule has 1 unspecified atom stereocenters. The topological polar surface area (TPSA) is 163 Å². The highest BCUT2D eigenvalue weighted by atomic mass is 32.2. The number of hydrogen-bond donors (Lipinski definition) is 2. The molecule has 13 heteroatoms. The number of nitro groups is 1. The van der Waals surface area contributed by atoms with Crippen LogP contribution in [-0.4, -0.2) is 51.6 Å². The zero-order valence-electron chi connectivity index (χ0n) is 18.2. The van der Waals surface area contributed by atoms with Gasteiger partial charge < -0.3 is 19.5 Å². The number of nitro benzene ring substituents is 1. The first-order valence-corrected chi connectivity index (χ1v) is 11.0. The molecule has 178 valence electrons. The summed E-state index contributed by atoms with van der Waals surface area (Å²) in [5, 5.41) is 13.5. The van der Waals surface area contributed by atoms with E-state index in [0.29, 0.717) is 5.75 Å². The van der Waals surface area contributed by atoms with Crippen LogP contribution in [0, 0.1) is 10.1 Å². The number of rotatable bonds is 10. The Balaban J connectivity index is 2.02. The zero-order chi connectivity index (χ0) is 24.8. The molecule has 2 aromatic carbocycles. The minimum atomic E-state index is -4.05. The lowest BCUT2D eigenvalue weighted by molar-refractivity contribution is -0.384. The van der Waals surface area contributed by atoms with Gasteiger partial charge in [0.05, 0.1) is 30.1 Å². The van der Waals surface area contributed by atoms with Crippen molar-refractivity contribution < 1.29 is 37.1 Å². The van der Waals surface area contributed by atoms with E-state index in [1.54, 1.807) is 0 Å². The monoisotopic (exact) mass is 481 g/mol. The maximum Gasteiger partial charge on any atom is 0.324 e. The molecule has 33 heavy (non-hydrogen) atoms. The number of nitrogens with zero attached hydrogens (tertiary/aromatic N) is 1. The first kappa shape index (κ1) is 25.5. The van der Waals surface area contributed by atoms with E-state index in [-0.39, 0.29) is 16.3 Å². The lowest BCUT2D eigenvalue weighted by atomic mass is 10.2. The highest BCUT2D eigenvalue weighted by molar-refractivity contribution is 7.89. The maximum atomic E-state index is 12.4. The van der Waals surface area contributed by atoms with E-state index in [1.807, 2.05) is 0 Å². The fraction of sp³-hybridized carbons (Fsp3) is 0.300. The molecule has 2 atom stereocenters. The molecular formula is C20H23N3O9S. The average molecular weight is 481 g/mol. The van der Waals surface area contributed by atoms with Crippen molar-refractivity contribution in [2.24, 2.45) is 0 Å².